The maximum Gasteiger partial charge on any atom is 0.129 e. The van der Waals surface area contributed by atoms with Gasteiger partial charge in [-0.1, -0.05) is 18.2 Å². The van der Waals surface area contributed by atoms with Crippen molar-refractivity contribution in [3.8, 4) is 11.3 Å². The lowest BCUT2D eigenvalue weighted by atomic mass is 9.96. The zero-order valence-electron chi connectivity index (χ0n) is 14.5. The fourth-order valence-electron chi connectivity index (χ4n) is 4.46. The Hall–Kier alpha value is -2.20. The maximum atomic E-state index is 4.93. The minimum atomic E-state index is 0.666. The normalized spacial score (nSPS) is 20.1. The summed E-state index contributed by atoms with van der Waals surface area (Å²) in [5, 5.41) is 4.83. The SMILES string of the molecule is c1cc2c3c(c1)c(-c1ccnc(C[C@H]4CCCNC4)n1)cn3CCC2. The molecule has 0 aliphatic carbocycles. The summed E-state index contributed by atoms with van der Waals surface area (Å²) in [6.07, 6.45) is 10.2. The zero-order valence-corrected chi connectivity index (χ0v) is 14.5. The first-order valence-corrected chi connectivity index (χ1v) is 9.52. The summed E-state index contributed by atoms with van der Waals surface area (Å²) in [5.41, 5.74) is 5.19. The third-order valence-corrected chi connectivity index (χ3v) is 5.68. The molecule has 0 radical (unpaired) electrons. The number of rotatable bonds is 3. The van der Waals surface area contributed by atoms with Gasteiger partial charge in [0.15, 0.2) is 0 Å². The topological polar surface area (TPSA) is 42.7 Å². The van der Waals surface area contributed by atoms with E-state index >= 15 is 0 Å². The Kier molecular flexibility index (Phi) is 3.78. The fourth-order valence-corrected chi connectivity index (χ4v) is 4.46. The molecule has 2 aliphatic heterocycles. The molecule has 3 aromatic rings. The highest BCUT2D eigenvalue weighted by Gasteiger charge is 2.19. The molecule has 2 aromatic heterocycles. The first-order valence-electron chi connectivity index (χ1n) is 9.52. The number of hydrogen-bond donors (Lipinski definition) is 1. The van der Waals surface area contributed by atoms with Crippen LogP contribution < -0.4 is 5.32 Å². The van der Waals surface area contributed by atoms with Crippen LogP contribution in [0.15, 0.2) is 36.7 Å². The van der Waals surface area contributed by atoms with Gasteiger partial charge in [-0.2, -0.15) is 0 Å². The monoisotopic (exact) mass is 332 g/mol. The van der Waals surface area contributed by atoms with Crippen LogP contribution in [0.4, 0.5) is 0 Å². The molecule has 2 aliphatic rings. The number of benzene rings is 1. The van der Waals surface area contributed by atoms with E-state index in [0.29, 0.717) is 5.92 Å². The number of aryl methyl sites for hydroxylation is 2. The third-order valence-electron chi connectivity index (χ3n) is 5.68. The van der Waals surface area contributed by atoms with Crippen molar-refractivity contribution in [1.29, 1.82) is 0 Å². The van der Waals surface area contributed by atoms with Gasteiger partial charge >= 0.3 is 0 Å². The van der Waals surface area contributed by atoms with E-state index in [4.69, 9.17) is 4.98 Å². The number of para-hydroxylation sites is 1. The summed E-state index contributed by atoms with van der Waals surface area (Å²) >= 11 is 0. The van der Waals surface area contributed by atoms with Gasteiger partial charge in [0.2, 0.25) is 0 Å². The highest BCUT2D eigenvalue weighted by Crippen LogP contribution is 2.34. The van der Waals surface area contributed by atoms with E-state index in [0.717, 1.165) is 37.6 Å². The summed E-state index contributed by atoms with van der Waals surface area (Å²) in [5.74, 6) is 1.65. The Labute approximate surface area is 148 Å². The highest BCUT2D eigenvalue weighted by atomic mass is 15.0. The summed E-state index contributed by atoms with van der Waals surface area (Å²) in [4.78, 5) is 9.48. The van der Waals surface area contributed by atoms with Gasteiger partial charge in [0.1, 0.15) is 5.82 Å². The van der Waals surface area contributed by atoms with Crippen LogP contribution in [-0.4, -0.2) is 27.6 Å². The zero-order chi connectivity index (χ0) is 16.6. The molecule has 4 nitrogen and oxygen atoms in total. The molecule has 4 heteroatoms. The van der Waals surface area contributed by atoms with Gasteiger partial charge in [0, 0.05) is 36.3 Å². The number of nitrogens with zero attached hydrogens (tertiary/aromatic N) is 3. The van der Waals surface area contributed by atoms with Crippen LogP contribution >= 0.6 is 0 Å². The summed E-state index contributed by atoms with van der Waals surface area (Å²) < 4.78 is 2.41. The Bertz CT molecular complexity index is 905. The maximum absolute atomic E-state index is 4.93. The Morgan fingerprint density at radius 1 is 1.20 bits per heavy atom. The van der Waals surface area contributed by atoms with Gasteiger partial charge in [-0.3, -0.25) is 0 Å². The minimum Gasteiger partial charge on any atom is -0.347 e. The molecule has 1 N–H and O–H groups in total. The van der Waals surface area contributed by atoms with E-state index in [2.05, 4.69) is 45.3 Å². The molecule has 1 fully saturated rings. The predicted molar refractivity (Wildman–Crippen MR) is 101 cm³/mol. The van der Waals surface area contributed by atoms with Crippen molar-refractivity contribution in [3.63, 3.8) is 0 Å². The third kappa shape index (κ3) is 2.74. The lowest BCUT2D eigenvalue weighted by Crippen LogP contribution is -2.31. The number of aromatic nitrogens is 3. The first kappa shape index (κ1) is 15.1. The first-order chi connectivity index (χ1) is 12.4. The van der Waals surface area contributed by atoms with Crippen LogP contribution in [0.1, 0.15) is 30.7 Å². The molecular formula is C21H24N4. The van der Waals surface area contributed by atoms with E-state index < -0.39 is 0 Å². The van der Waals surface area contributed by atoms with Gasteiger partial charge < -0.3 is 9.88 Å². The molecule has 0 bridgehead atoms. The van der Waals surface area contributed by atoms with Crippen LogP contribution in [0.5, 0.6) is 0 Å². The molecule has 1 aromatic carbocycles. The Morgan fingerprint density at radius 2 is 2.20 bits per heavy atom. The molecule has 128 valence electrons. The minimum absolute atomic E-state index is 0.666. The second-order valence-electron chi connectivity index (χ2n) is 7.43. The lowest BCUT2D eigenvalue weighted by Gasteiger charge is -2.21. The van der Waals surface area contributed by atoms with E-state index in [1.54, 1.807) is 0 Å². The predicted octanol–water partition coefficient (Wildman–Crippen LogP) is 3.59. The largest absolute Gasteiger partial charge is 0.347 e. The van der Waals surface area contributed by atoms with Crippen molar-refractivity contribution in [2.24, 2.45) is 5.92 Å². The molecule has 0 unspecified atom stereocenters. The van der Waals surface area contributed by atoms with Crippen molar-refractivity contribution < 1.29 is 0 Å². The van der Waals surface area contributed by atoms with Crippen LogP contribution in [-0.2, 0) is 19.4 Å². The van der Waals surface area contributed by atoms with E-state index in [1.807, 2.05) is 6.20 Å². The van der Waals surface area contributed by atoms with Crippen molar-refractivity contribution in [2.75, 3.05) is 13.1 Å². The number of nitrogens with one attached hydrogen (secondary N) is 1. The average Bonchev–Trinajstić information content (AvgIpc) is 3.04. The van der Waals surface area contributed by atoms with Crippen LogP contribution in [0.2, 0.25) is 0 Å². The quantitative estimate of drug-likeness (QED) is 0.797. The second kappa shape index (κ2) is 6.26. The van der Waals surface area contributed by atoms with Gasteiger partial charge in [0.05, 0.1) is 11.2 Å². The van der Waals surface area contributed by atoms with Crippen molar-refractivity contribution in [3.05, 3.63) is 48.0 Å². The van der Waals surface area contributed by atoms with E-state index in [-0.39, 0.29) is 0 Å². The van der Waals surface area contributed by atoms with E-state index in [1.165, 1.54) is 47.7 Å². The van der Waals surface area contributed by atoms with Crippen LogP contribution in [0, 0.1) is 5.92 Å². The molecule has 1 saturated heterocycles. The molecule has 0 saturated carbocycles. The van der Waals surface area contributed by atoms with E-state index in [9.17, 15) is 0 Å². The lowest BCUT2D eigenvalue weighted by molar-refractivity contribution is 0.371. The smallest absolute Gasteiger partial charge is 0.129 e. The van der Waals surface area contributed by atoms with Crippen molar-refractivity contribution >= 4 is 10.9 Å². The summed E-state index contributed by atoms with van der Waals surface area (Å²) in [7, 11) is 0. The molecule has 0 amide bonds. The van der Waals surface area contributed by atoms with Crippen molar-refractivity contribution in [1.82, 2.24) is 19.9 Å². The van der Waals surface area contributed by atoms with Gasteiger partial charge in [-0.05, 0) is 56.3 Å². The molecular weight excluding hydrogens is 308 g/mol. The second-order valence-corrected chi connectivity index (χ2v) is 7.43. The number of piperidine rings is 1. The summed E-state index contributed by atoms with van der Waals surface area (Å²) in [6.45, 7) is 3.36. The Morgan fingerprint density at radius 3 is 3.12 bits per heavy atom. The summed E-state index contributed by atoms with van der Waals surface area (Å²) in [6, 6.07) is 8.75. The number of hydrogen-bond acceptors (Lipinski definition) is 3. The van der Waals surface area contributed by atoms with Crippen LogP contribution in [0.25, 0.3) is 22.2 Å². The van der Waals surface area contributed by atoms with Gasteiger partial charge in [-0.25, -0.2) is 9.97 Å². The molecule has 25 heavy (non-hydrogen) atoms. The molecule has 1 atom stereocenters. The van der Waals surface area contributed by atoms with Crippen LogP contribution in [0.3, 0.4) is 0 Å². The molecule has 0 spiro atoms. The van der Waals surface area contributed by atoms with Gasteiger partial charge in [0.25, 0.3) is 0 Å². The fraction of sp³-hybridized carbons (Fsp3) is 0.429. The van der Waals surface area contributed by atoms with Crippen molar-refractivity contribution in [2.45, 2.75) is 38.6 Å². The van der Waals surface area contributed by atoms with Gasteiger partial charge in [-0.15, -0.1) is 0 Å². The standard InChI is InChI=1S/C21H24N4/c1-5-16-6-3-11-25-14-18(17(7-1)21(16)25)19-8-10-23-20(24-19)12-15-4-2-9-22-13-15/h1,5,7-8,10,14-15,22H,2-4,6,9,11-13H2/t15-/m1/s1. The molecule has 5 rings (SSSR count). The highest BCUT2D eigenvalue weighted by molar-refractivity contribution is 5.97. The average molecular weight is 332 g/mol. The Balaban J connectivity index is 1.52. The molecule has 4 heterocycles.